The van der Waals surface area contributed by atoms with Crippen LogP contribution in [0.4, 0.5) is 0 Å². The lowest BCUT2D eigenvalue weighted by molar-refractivity contribution is 0.270. The van der Waals surface area contributed by atoms with Crippen LogP contribution in [0.15, 0.2) is 6.20 Å². The zero-order valence-electron chi connectivity index (χ0n) is 8.63. The first-order valence-corrected chi connectivity index (χ1v) is 4.39. The summed E-state index contributed by atoms with van der Waals surface area (Å²) in [6.45, 7) is 8.22. The summed E-state index contributed by atoms with van der Waals surface area (Å²) in [4.78, 5) is 8.26. The van der Waals surface area contributed by atoms with Gasteiger partial charge in [-0.3, -0.25) is 0 Å². The van der Waals surface area contributed by atoms with Crippen LogP contribution in [0, 0.1) is 6.92 Å². The van der Waals surface area contributed by atoms with E-state index in [1.54, 1.807) is 6.20 Å². The first kappa shape index (κ1) is 10.1. The SMILES string of the molecule is Cc1nc(CO)ncc1C(C)(C)C. The highest BCUT2D eigenvalue weighted by molar-refractivity contribution is 5.23. The second-order valence-electron chi connectivity index (χ2n) is 4.19. The van der Waals surface area contributed by atoms with Crippen molar-refractivity contribution in [3.63, 3.8) is 0 Å². The smallest absolute Gasteiger partial charge is 0.153 e. The highest BCUT2D eigenvalue weighted by atomic mass is 16.3. The fourth-order valence-corrected chi connectivity index (χ4v) is 1.33. The van der Waals surface area contributed by atoms with E-state index in [0.717, 1.165) is 11.3 Å². The Hall–Kier alpha value is -0.960. The van der Waals surface area contributed by atoms with Crippen molar-refractivity contribution >= 4 is 0 Å². The molecule has 0 atom stereocenters. The lowest BCUT2D eigenvalue weighted by atomic mass is 9.87. The van der Waals surface area contributed by atoms with Gasteiger partial charge in [-0.05, 0) is 17.9 Å². The fourth-order valence-electron chi connectivity index (χ4n) is 1.33. The van der Waals surface area contributed by atoms with E-state index in [-0.39, 0.29) is 12.0 Å². The molecular weight excluding hydrogens is 164 g/mol. The molecule has 1 heterocycles. The quantitative estimate of drug-likeness (QED) is 0.713. The third-order valence-corrected chi connectivity index (χ3v) is 1.98. The molecule has 0 saturated carbocycles. The van der Waals surface area contributed by atoms with Gasteiger partial charge in [-0.15, -0.1) is 0 Å². The molecule has 0 aliphatic rings. The van der Waals surface area contributed by atoms with Crippen molar-refractivity contribution in [2.45, 2.75) is 39.7 Å². The second kappa shape index (κ2) is 3.42. The molecule has 0 aromatic carbocycles. The van der Waals surface area contributed by atoms with Crippen LogP contribution in [0.2, 0.25) is 0 Å². The first-order valence-electron chi connectivity index (χ1n) is 4.39. The van der Waals surface area contributed by atoms with Crippen molar-refractivity contribution in [3.8, 4) is 0 Å². The summed E-state index contributed by atoms with van der Waals surface area (Å²) in [5, 5.41) is 8.83. The van der Waals surface area contributed by atoms with Crippen molar-refractivity contribution in [1.82, 2.24) is 9.97 Å². The zero-order chi connectivity index (χ0) is 10.1. The Bertz CT molecular complexity index is 302. The van der Waals surface area contributed by atoms with Gasteiger partial charge in [-0.25, -0.2) is 9.97 Å². The number of aromatic nitrogens is 2. The van der Waals surface area contributed by atoms with Crippen molar-refractivity contribution in [2.75, 3.05) is 0 Å². The third-order valence-electron chi connectivity index (χ3n) is 1.98. The molecule has 0 fully saturated rings. The Morgan fingerprint density at radius 3 is 2.38 bits per heavy atom. The maximum Gasteiger partial charge on any atom is 0.153 e. The molecule has 3 nitrogen and oxygen atoms in total. The van der Waals surface area contributed by atoms with E-state index in [2.05, 4.69) is 30.7 Å². The largest absolute Gasteiger partial charge is 0.388 e. The Morgan fingerprint density at radius 1 is 1.38 bits per heavy atom. The number of nitrogens with zero attached hydrogens (tertiary/aromatic N) is 2. The fraction of sp³-hybridized carbons (Fsp3) is 0.600. The topological polar surface area (TPSA) is 46.0 Å². The maximum atomic E-state index is 8.83. The lowest BCUT2D eigenvalue weighted by Gasteiger charge is -2.20. The summed E-state index contributed by atoms with van der Waals surface area (Å²) >= 11 is 0. The highest BCUT2D eigenvalue weighted by Crippen LogP contribution is 2.23. The van der Waals surface area contributed by atoms with Gasteiger partial charge in [0.05, 0.1) is 0 Å². The van der Waals surface area contributed by atoms with Gasteiger partial charge in [0.2, 0.25) is 0 Å². The molecule has 0 amide bonds. The molecule has 13 heavy (non-hydrogen) atoms. The van der Waals surface area contributed by atoms with E-state index in [1.165, 1.54) is 0 Å². The standard InChI is InChI=1S/C10H16N2O/c1-7-8(10(2,3)4)5-11-9(6-13)12-7/h5,13H,6H2,1-4H3. The molecule has 1 aromatic heterocycles. The lowest BCUT2D eigenvalue weighted by Crippen LogP contribution is -2.15. The van der Waals surface area contributed by atoms with E-state index in [4.69, 9.17) is 5.11 Å². The van der Waals surface area contributed by atoms with E-state index in [9.17, 15) is 0 Å². The van der Waals surface area contributed by atoms with E-state index >= 15 is 0 Å². The Kier molecular flexibility index (Phi) is 2.66. The van der Waals surface area contributed by atoms with Crippen LogP contribution in [-0.2, 0) is 12.0 Å². The molecular formula is C10H16N2O. The van der Waals surface area contributed by atoms with Gasteiger partial charge >= 0.3 is 0 Å². The maximum absolute atomic E-state index is 8.83. The van der Waals surface area contributed by atoms with Crippen LogP contribution in [0.25, 0.3) is 0 Å². The van der Waals surface area contributed by atoms with Crippen LogP contribution in [0.1, 0.15) is 37.9 Å². The Balaban J connectivity index is 3.13. The van der Waals surface area contributed by atoms with Crippen LogP contribution < -0.4 is 0 Å². The molecule has 0 bridgehead atoms. The molecule has 3 heteroatoms. The molecule has 0 aliphatic carbocycles. The number of hydrogen-bond acceptors (Lipinski definition) is 3. The number of aliphatic hydroxyl groups excluding tert-OH is 1. The zero-order valence-corrected chi connectivity index (χ0v) is 8.63. The number of rotatable bonds is 1. The minimum absolute atomic E-state index is 0.0675. The average Bonchev–Trinajstić information content (AvgIpc) is 2.01. The molecule has 0 spiro atoms. The Morgan fingerprint density at radius 2 is 2.00 bits per heavy atom. The minimum atomic E-state index is -0.0920. The minimum Gasteiger partial charge on any atom is -0.388 e. The molecule has 1 rings (SSSR count). The van der Waals surface area contributed by atoms with Gasteiger partial charge in [-0.1, -0.05) is 20.8 Å². The second-order valence-corrected chi connectivity index (χ2v) is 4.19. The molecule has 1 aromatic rings. The third kappa shape index (κ3) is 2.25. The van der Waals surface area contributed by atoms with Crippen LogP contribution in [0.5, 0.6) is 0 Å². The van der Waals surface area contributed by atoms with Crippen molar-refractivity contribution in [1.29, 1.82) is 0 Å². The van der Waals surface area contributed by atoms with Gasteiger partial charge in [0.25, 0.3) is 0 Å². The normalized spacial score (nSPS) is 11.8. The van der Waals surface area contributed by atoms with Crippen molar-refractivity contribution < 1.29 is 5.11 Å². The summed E-state index contributed by atoms with van der Waals surface area (Å²) < 4.78 is 0. The van der Waals surface area contributed by atoms with Gasteiger partial charge < -0.3 is 5.11 Å². The predicted molar refractivity (Wildman–Crippen MR) is 51.4 cm³/mol. The van der Waals surface area contributed by atoms with Crippen LogP contribution >= 0.6 is 0 Å². The first-order chi connectivity index (χ1) is 5.95. The number of aliphatic hydroxyl groups is 1. The summed E-state index contributed by atoms with van der Waals surface area (Å²) in [6.07, 6.45) is 1.80. The molecule has 1 N–H and O–H groups in total. The Labute approximate surface area is 78.9 Å². The van der Waals surface area contributed by atoms with Crippen LogP contribution in [-0.4, -0.2) is 15.1 Å². The van der Waals surface area contributed by atoms with Gasteiger partial charge in [0.1, 0.15) is 6.61 Å². The van der Waals surface area contributed by atoms with E-state index < -0.39 is 0 Å². The highest BCUT2D eigenvalue weighted by Gasteiger charge is 2.17. The molecule has 72 valence electrons. The van der Waals surface area contributed by atoms with Crippen LogP contribution in [0.3, 0.4) is 0 Å². The van der Waals surface area contributed by atoms with Crippen molar-refractivity contribution in [3.05, 3.63) is 23.3 Å². The molecule has 0 saturated heterocycles. The number of hydrogen-bond donors (Lipinski definition) is 1. The summed E-state index contributed by atoms with van der Waals surface area (Å²) in [6, 6.07) is 0. The monoisotopic (exact) mass is 180 g/mol. The predicted octanol–water partition coefficient (Wildman–Crippen LogP) is 1.57. The van der Waals surface area contributed by atoms with Crippen molar-refractivity contribution in [2.24, 2.45) is 0 Å². The average molecular weight is 180 g/mol. The molecule has 0 radical (unpaired) electrons. The van der Waals surface area contributed by atoms with Gasteiger partial charge in [0, 0.05) is 11.9 Å². The summed E-state index contributed by atoms with van der Waals surface area (Å²) in [7, 11) is 0. The van der Waals surface area contributed by atoms with Gasteiger partial charge in [0.15, 0.2) is 5.82 Å². The number of aryl methyl sites for hydroxylation is 1. The summed E-state index contributed by atoms with van der Waals surface area (Å²) in [5.74, 6) is 0.491. The molecule has 0 unspecified atom stereocenters. The van der Waals surface area contributed by atoms with Gasteiger partial charge in [-0.2, -0.15) is 0 Å². The van der Waals surface area contributed by atoms with E-state index in [0.29, 0.717) is 5.82 Å². The summed E-state index contributed by atoms with van der Waals surface area (Å²) in [5.41, 5.74) is 2.15. The van der Waals surface area contributed by atoms with E-state index in [1.807, 2.05) is 6.92 Å². The molecule has 0 aliphatic heterocycles.